The van der Waals surface area contributed by atoms with Crippen molar-refractivity contribution < 1.29 is 4.74 Å². The average molecular weight is 564 g/mol. The van der Waals surface area contributed by atoms with Gasteiger partial charge in [-0.1, -0.05) is 6.07 Å². The molecule has 1 aliphatic rings. The molecule has 3 aromatic rings. The van der Waals surface area contributed by atoms with Gasteiger partial charge in [0.1, 0.15) is 5.75 Å². The number of rotatable bonds is 8. The van der Waals surface area contributed by atoms with E-state index in [2.05, 4.69) is 47.8 Å². The molecule has 0 amide bonds. The summed E-state index contributed by atoms with van der Waals surface area (Å²) in [5.41, 5.74) is 2.11. The molecule has 178 valence electrons. The molecule has 0 saturated carbocycles. The third kappa shape index (κ3) is 6.70. The van der Waals surface area contributed by atoms with Gasteiger partial charge in [0.05, 0.1) is 13.7 Å². The third-order valence-electron chi connectivity index (χ3n) is 5.78. The lowest BCUT2D eigenvalue weighted by Gasteiger charge is -2.36. The molecule has 1 saturated heterocycles. The predicted octanol–water partition coefficient (Wildman–Crippen LogP) is 2.23. The van der Waals surface area contributed by atoms with Crippen LogP contribution in [0.25, 0.3) is 5.65 Å². The molecular weight excluding hydrogens is 531 g/mol. The highest BCUT2D eigenvalue weighted by molar-refractivity contribution is 14.0. The van der Waals surface area contributed by atoms with Gasteiger partial charge in [0.25, 0.3) is 0 Å². The van der Waals surface area contributed by atoms with Crippen molar-refractivity contribution in [3.05, 3.63) is 54.5 Å². The van der Waals surface area contributed by atoms with Crippen molar-refractivity contribution in [1.82, 2.24) is 30.1 Å². The van der Waals surface area contributed by atoms with E-state index in [0.717, 1.165) is 68.9 Å². The van der Waals surface area contributed by atoms with E-state index in [1.807, 2.05) is 40.9 Å². The fraction of sp³-hybridized carbons (Fsp3) is 0.435. The summed E-state index contributed by atoms with van der Waals surface area (Å²) in [5.74, 6) is 2.54. The van der Waals surface area contributed by atoms with E-state index < -0.39 is 0 Å². The molecule has 0 atom stereocenters. The van der Waals surface area contributed by atoms with Crippen LogP contribution in [0.2, 0.25) is 0 Å². The summed E-state index contributed by atoms with van der Waals surface area (Å²) < 4.78 is 7.23. The number of anilines is 1. The Balaban J connectivity index is 0.00000306. The summed E-state index contributed by atoms with van der Waals surface area (Å²) in [6, 6.07) is 14.2. The zero-order valence-electron chi connectivity index (χ0n) is 19.3. The van der Waals surface area contributed by atoms with Crippen LogP contribution in [0.5, 0.6) is 5.75 Å². The molecule has 1 aliphatic heterocycles. The van der Waals surface area contributed by atoms with E-state index in [1.165, 1.54) is 5.69 Å². The Bertz CT molecular complexity index is 1010. The van der Waals surface area contributed by atoms with Crippen LogP contribution in [0, 0.1) is 0 Å². The molecule has 0 unspecified atom stereocenters. The van der Waals surface area contributed by atoms with E-state index in [9.17, 15) is 0 Å². The van der Waals surface area contributed by atoms with Crippen molar-refractivity contribution in [1.29, 1.82) is 0 Å². The van der Waals surface area contributed by atoms with Gasteiger partial charge in [-0.25, -0.2) is 0 Å². The van der Waals surface area contributed by atoms with E-state index in [-0.39, 0.29) is 24.0 Å². The second-order valence-electron chi connectivity index (χ2n) is 7.78. The molecule has 33 heavy (non-hydrogen) atoms. The smallest absolute Gasteiger partial charge is 0.191 e. The number of aliphatic imine (C=N–C) groups is 1. The van der Waals surface area contributed by atoms with Crippen molar-refractivity contribution in [2.75, 3.05) is 58.3 Å². The van der Waals surface area contributed by atoms with Crippen LogP contribution < -0.4 is 20.3 Å². The highest BCUT2D eigenvalue weighted by Gasteiger charge is 2.16. The van der Waals surface area contributed by atoms with Crippen LogP contribution >= 0.6 is 24.0 Å². The van der Waals surface area contributed by atoms with Gasteiger partial charge in [-0.3, -0.25) is 14.3 Å². The molecule has 2 aromatic heterocycles. The number of hydrogen-bond donors (Lipinski definition) is 2. The summed E-state index contributed by atoms with van der Waals surface area (Å²) in [5, 5.41) is 15.1. The van der Waals surface area contributed by atoms with Crippen molar-refractivity contribution >= 4 is 41.3 Å². The van der Waals surface area contributed by atoms with Gasteiger partial charge >= 0.3 is 0 Å². The van der Waals surface area contributed by atoms with Crippen LogP contribution in [0.15, 0.2) is 53.7 Å². The minimum Gasteiger partial charge on any atom is -0.497 e. The zero-order chi connectivity index (χ0) is 22.2. The van der Waals surface area contributed by atoms with E-state index in [4.69, 9.17) is 4.74 Å². The fourth-order valence-corrected chi connectivity index (χ4v) is 3.93. The molecule has 4 rings (SSSR count). The number of piperazine rings is 1. The number of hydrogen-bond acceptors (Lipinski definition) is 6. The van der Waals surface area contributed by atoms with Crippen LogP contribution in [-0.2, 0) is 6.54 Å². The number of fused-ring (bicyclic) bond motifs is 1. The average Bonchev–Trinajstić information content (AvgIpc) is 3.27. The topological polar surface area (TPSA) is 82.3 Å². The zero-order valence-corrected chi connectivity index (χ0v) is 21.6. The van der Waals surface area contributed by atoms with Gasteiger partial charge < -0.3 is 20.3 Å². The van der Waals surface area contributed by atoms with Crippen molar-refractivity contribution in [3.8, 4) is 5.75 Å². The second kappa shape index (κ2) is 12.6. The Hall–Kier alpha value is -2.60. The summed E-state index contributed by atoms with van der Waals surface area (Å²) in [6.07, 6.45) is 3.04. The van der Waals surface area contributed by atoms with Gasteiger partial charge in [-0.05, 0) is 49.4 Å². The van der Waals surface area contributed by atoms with Gasteiger partial charge in [0.15, 0.2) is 17.4 Å². The minimum absolute atomic E-state index is 0. The van der Waals surface area contributed by atoms with E-state index >= 15 is 0 Å². The monoisotopic (exact) mass is 564 g/mol. The highest BCUT2D eigenvalue weighted by atomic mass is 127. The van der Waals surface area contributed by atoms with Gasteiger partial charge in [-0.2, -0.15) is 0 Å². The normalized spacial score (nSPS) is 14.7. The lowest BCUT2D eigenvalue weighted by Crippen LogP contribution is -2.47. The first-order chi connectivity index (χ1) is 15.8. The second-order valence-corrected chi connectivity index (χ2v) is 7.78. The number of guanidine groups is 1. The Morgan fingerprint density at radius 3 is 2.55 bits per heavy atom. The van der Waals surface area contributed by atoms with Gasteiger partial charge in [0, 0.05) is 51.7 Å². The first kappa shape index (κ1) is 25.0. The molecule has 0 bridgehead atoms. The number of pyridine rings is 1. The first-order valence-electron chi connectivity index (χ1n) is 11.1. The van der Waals surface area contributed by atoms with Crippen molar-refractivity contribution in [2.45, 2.75) is 13.0 Å². The molecule has 0 radical (unpaired) electrons. The van der Waals surface area contributed by atoms with Crippen LogP contribution in [-0.4, -0.2) is 78.9 Å². The maximum atomic E-state index is 5.25. The number of halogens is 1. The first-order valence-corrected chi connectivity index (χ1v) is 11.1. The standard InChI is InChI=1S/C23H32N8O.HI/c1-24-23(26-18-22-28-27-21-6-3-4-13-31(21)22)25-11-5-12-29-14-16-30(17-15-29)19-7-9-20(32-2)10-8-19;/h3-4,6-10,13H,5,11-12,14-18H2,1-2H3,(H2,24,25,26);1H. The van der Waals surface area contributed by atoms with Gasteiger partial charge in [-0.15, -0.1) is 34.2 Å². The maximum Gasteiger partial charge on any atom is 0.191 e. The Morgan fingerprint density at radius 1 is 1.03 bits per heavy atom. The quantitative estimate of drug-likeness (QED) is 0.188. The Kier molecular flexibility index (Phi) is 9.55. The molecule has 1 fully saturated rings. The molecule has 3 heterocycles. The molecule has 0 spiro atoms. The Labute approximate surface area is 212 Å². The lowest BCUT2D eigenvalue weighted by molar-refractivity contribution is 0.255. The number of methoxy groups -OCH3 is 1. The summed E-state index contributed by atoms with van der Waals surface area (Å²) >= 11 is 0. The Morgan fingerprint density at radius 2 is 1.82 bits per heavy atom. The number of ether oxygens (including phenoxy) is 1. The van der Waals surface area contributed by atoms with Crippen LogP contribution in [0.4, 0.5) is 5.69 Å². The largest absolute Gasteiger partial charge is 0.497 e. The van der Waals surface area contributed by atoms with Crippen LogP contribution in [0.1, 0.15) is 12.2 Å². The van der Waals surface area contributed by atoms with Crippen LogP contribution in [0.3, 0.4) is 0 Å². The highest BCUT2D eigenvalue weighted by Crippen LogP contribution is 2.20. The predicted molar refractivity (Wildman–Crippen MR) is 143 cm³/mol. The lowest BCUT2D eigenvalue weighted by atomic mass is 10.2. The molecule has 2 N–H and O–H groups in total. The number of nitrogens with zero attached hydrogens (tertiary/aromatic N) is 6. The molecular formula is C23H33IN8O. The van der Waals surface area contributed by atoms with Crippen molar-refractivity contribution in [3.63, 3.8) is 0 Å². The molecule has 10 heteroatoms. The molecule has 0 aliphatic carbocycles. The van der Waals surface area contributed by atoms with E-state index in [1.54, 1.807) is 14.2 Å². The maximum absolute atomic E-state index is 5.25. The van der Waals surface area contributed by atoms with Crippen molar-refractivity contribution in [2.24, 2.45) is 4.99 Å². The van der Waals surface area contributed by atoms with Gasteiger partial charge in [0.2, 0.25) is 0 Å². The summed E-state index contributed by atoms with van der Waals surface area (Å²) in [4.78, 5) is 9.28. The fourth-order valence-electron chi connectivity index (χ4n) is 3.93. The molecule has 9 nitrogen and oxygen atoms in total. The third-order valence-corrected chi connectivity index (χ3v) is 5.78. The SMILES string of the molecule is CN=C(NCCCN1CCN(c2ccc(OC)cc2)CC1)NCc1nnc2ccccn12.I. The number of benzene rings is 1. The minimum atomic E-state index is 0. The number of nitrogens with one attached hydrogen (secondary N) is 2. The molecule has 1 aromatic carbocycles. The number of aromatic nitrogens is 3. The van der Waals surface area contributed by atoms with E-state index in [0.29, 0.717) is 6.54 Å². The summed E-state index contributed by atoms with van der Waals surface area (Å²) in [7, 11) is 3.49. The summed E-state index contributed by atoms with van der Waals surface area (Å²) in [6.45, 7) is 6.79.